The Bertz CT molecular complexity index is 798. The van der Waals surface area contributed by atoms with E-state index in [0.29, 0.717) is 19.3 Å². The van der Waals surface area contributed by atoms with Gasteiger partial charge in [0.1, 0.15) is 13.2 Å². The fourth-order valence-electron chi connectivity index (χ4n) is 7.21. The number of unbranched alkanes of at least 4 members (excludes halogenated alkanes) is 33. The van der Waals surface area contributed by atoms with Crippen molar-refractivity contribution in [3.8, 4) is 0 Å². The quantitative estimate of drug-likeness (QED) is 0.0349. The zero-order valence-corrected chi connectivity index (χ0v) is 36.5. The highest BCUT2D eigenvalue weighted by Crippen LogP contribution is 2.16. The summed E-state index contributed by atoms with van der Waals surface area (Å²) in [6.07, 6.45) is 45.1. The van der Waals surface area contributed by atoms with Crippen LogP contribution in [0.2, 0.25) is 0 Å². The van der Waals surface area contributed by atoms with Gasteiger partial charge in [-0.3, -0.25) is 14.4 Å². The number of esters is 3. The fraction of sp³-hybridized carbons (Fsp3) is 0.938. The van der Waals surface area contributed by atoms with Crippen LogP contribution >= 0.6 is 0 Å². The van der Waals surface area contributed by atoms with Crippen LogP contribution in [0.4, 0.5) is 0 Å². The van der Waals surface area contributed by atoms with Crippen LogP contribution in [0.1, 0.15) is 271 Å². The van der Waals surface area contributed by atoms with Crippen LogP contribution in [0.15, 0.2) is 0 Å². The van der Waals surface area contributed by atoms with Gasteiger partial charge in [-0.2, -0.15) is 0 Å². The van der Waals surface area contributed by atoms with Crippen molar-refractivity contribution in [3.05, 3.63) is 0 Å². The second-order valence-corrected chi connectivity index (χ2v) is 16.4. The SMILES string of the molecule is CCCCCCCCCCCCCCCCC(=O)O[C@@H](COC(=O)CCCCCCCCCCCC)COC(=O)CCCCCCCCCCCCCC. The van der Waals surface area contributed by atoms with E-state index in [2.05, 4.69) is 20.8 Å². The largest absolute Gasteiger partial charge is 0.462 e. The monoisotopic (exact) mass is 765 g/mol. The molecular weight excluding hydrogens is 673 g/mol. The zero-order chi connectivity index (χ0) is 39.4. The molecule has 0 radical (unpaired) electrons. The first-order valence-corrected chi connectivity index (χ1v) is 24.0. The highest BCUT2D eigenvalue weighted by Gasteiger charge is 2.19. The molecule has 6 nitrogen and oxygen atoms in total. The molecule has 0 aromatic heterocycles. The number of hydrogen-bond acceptors (Lipinski definition) is 6. The van der Waals surface area contributed by atoms with Crippen LogP contribution in [-0.2, 0) is 28.6 Å². The Morgan fingerprint density at radius 1 is 0.296 bits per heavy atom. The molecule has 1 atom stereocenters. The normalized spacial score (nSPS) is 11.8. The second kappa shape index (κ2) is 44.1. The van der Waals surface area contributed by atoms with Crippen LogP contribution < -0.4 is 0 Å². The van der Waals surface area contributed by atoms with Gasteiger partial charge in [0.25, 0.3) is 0 Å². The first kappa shape index (κ1) is 52.4. The Morgan fingerprint density at radius 3 is 0.741 bits per heavy atom. The van der Waals surface area contributed by atoms with Gasteiger partial charge in [-0.25, -0.2) is 0 Å². The molecule has 0 saturated carbocycles. The van der Waals surface area contributed by atoms with E-state index in [-0.39, 0.29) is 31.1 Å². The molecule has 0 heterocycles. The zero-order valence-electron chi connectivity index (χ0n) is 36.5. The summed E-state index contributed by atoms with van der Waals surface area (Å²) in [6, 6.07) is 0. The van der Waals surface area contributed by atoms with Gasteiger partial charge >= 0.3 is 17.9 Å². The molecule has 0 aromatic carbocycles. The molecule has 0 rings (SSSR count). The van der Waals surface area contributed by atoms with E-state index in [1.807, 2.05) is 0 Å². The predicted molar refractivity (Wildman–Crippen MR) is 229 cm³/mol. The highest BCUT2D eigenvalue weighted by molar-refractivity contribution is 5.71. The molecule has 320 valence electrons. The van der Waals surface area contributed by atoms with Crippen molar-refractivity contribution in [1.82, 2.24) is 0 Å². The van der Waals surface area contributed by atoms with E-state index in [1.165, 1.54) is 173 Å². The molecule has 0 bridgehead atoms. The molecule has 0 aromatic rings. The van der Waals surface area contributed by atoms with Crippen molar-refractivity contribution in [2.45, 2.75) is 277 Å². The van der Waals surface area contributed by atoms with Gasteiger partial charge in [-0.15, -0.1) is 0 Å². The summed E-state index contributed by atoms with van der Waals surface area (Å²) in [4.78, 5) is 37.7. The molecule has 0 aliphatic carbocycles. The third-order valence-electron chi connectivity index (χ3n) is 10.9. The van der Waals surface area contributed by atoms with Gasteiger partial charge in [0.05, 0.1) is 0 Å². The van der Waals surface area contributed by atoms with Crippen molar-refractivity contribution in [2.75, 3.05) is 13.2 Å². The van der Waals surface area contributed by atoms with Crippen molar-refractivity contribution < 1.29 is 28.6 Å². The van der Waals surface area contributed by atoms with Crippen LogP contribution in [0, 0.1) is 0 Å². The third-order valence-corrected chi connectivity index (χ3v) is 10.9. The predicted octanol–water partition coefficient (Wildman–Crippen LogP) is 15.3. The summed E-state index contributed by atoms with van der Waals surface area (Å²) in [5, 5.41) is 0. The Hall–Kier alpha value is -1.59. The summed E-state index contributed by atoms with van der Waals surface area (Å²) < 4.78 is 16.7. The Morgan fingerprint density at radius 2 is 0.500 bits per heavy atom. The molecule has 54 heavy (non-hydrogen) atoms. The smallest absolute Gasteiger partial charge is 0.306 e. The number of hydrogen-bond donors (Lipinski definition) is 0. The topological polar surface area (TPSA) is 78.9 Å². The molecule has 0 spiro atoms. The molecule has 0 saturated heterocycles. The van der Waals surface area contributed by atoms with Crippen LogP contribution in [0.5, 0.6) is 0 Å². The highest BCUT2D eigenvalue weighted by atomic mass is 16.6. The van der Waals surface area contributed by atoms with Gasteiger partial charge in [0.15, 0.2) is 6.10 Å². The first-order chi connectivity index (χ1) is 26.5. The van der Waals surface area contributed by atoms with Gasteiger partial charge in [-0.05, 0) is 19.3 Å². The number of carbonyl (C=O) groups excluding carboxylic acids is 3. The minimum Gasteiger partial charge on any atom is -0.462 e. The lowest BCUT2D eigenvalue weighted by molar-refractivity contribution is -0.167. The maximum Gasteiger partial charge on any atom is 0.306 e. The van der Waals surface area contributed by atoms with E-state index < -0.39 is 6.10 Å². The van der Waals surface area contributed by atoms with Crippen molar-refractivity contribution >= 4 is 17.9 Å². The first-order valence-electron chi connectivity index (χ1n) is 24.0. The van der Waals surface area contributed by atoms with Crippen molar-refractivity contribution in [1.29, 1.82) is 0 Å². The standard InChI is InChI=1S/C48H92O6/c1-4-7-10-13-16-19-22-24-25-27-30-33-36-39-42-48(51)54-45(43-52-46(49)40-37-34-31-28-21-18-15-12-9-6-3)44-53-47(50)41-38-35-32-29-26-23-20-17-14-11-8-5-2/h45H,4-44H2,1-3H3/t45-/m0/s1. The minimum absolute atomic E-state index is 0.0624. The average molecular weight is 765 g/mol. The second-order valence-electron chi connectivity index (χ2n) is 16.4. The van der Waals surface area contributed by atoms with E-state index in [0.717, 1.165) is 57.8 Å². The van der Waals surface area contributed by atoms with E-state index in [1.54, 1.807) is 0 Å². The van der Waals surface area contributed by atoms with Gasteiger partial charge in [0.2, 0.25) is 0 Å². The van der Waals surface area contributed by atoms with Crippen LogP contribution in [-0.4, -0.2) is 37.2 Å². The molecule has 6 heteroatoms. The molecule has 0 unspecified atom stereocenters. The number of carbonyl (C=O) groups is 3. The molecular formula is C48H92O6. The maximum absolute atomic E-state index is 12.7. The minimum atomic E-state index is -0.758. The van der Waals surface area contributed by atoms with Crippen molar-refractivity contribution in [3.63, 3.8) is 0 Å². The van der Waals surface area contributed by atoms with Crippen LogP contribution in [0.25, 0.3) is 0 Å². The molecule has 0 fully saturated rings. The Balaban J connectivity index is 4.31. The van der Waals surface area contributed by atoms with Crippen molar-refractivity contribution in [2.24, 2.45) is 0 Å². The van der Waals surface area contributed by atoms with E-state index in [4.69, 9.17) is 14.2 Å². The van der Waals surface area contributed by atoms with E-state index in [9.17, 15) is 14.4 Å². The number of rotatable bonds is 44. The molecule has 0 aliphatic heterocycles. The lowest BCUT2D eigenvalue weighted by Gasteiger charge is -2.18. The summed E-state index contributed by atoms with van der Waals surface area (Å²) in [6.45, 7) is 6.65. The lowest BCUT2D eigenvalue weighted by atomic mass is 10.0. The fourth-order valence-corrected chi connectivity index (χ4v) is 7.21. The van der Waals surface area contributed by atoms with Gasteiger partial charge in [0, 0.05) is 19.3 Å². The summed E-state index contributed by atoms with van der Waals surface area (Å²) in [5.41, 5.74) is 0. The van der Waals surface area contributed by atoms with Gasteiger partial charge < -0.3 is 14.2 Å². The van der Waals surface area contributed by atoms with E-state index >= 15 is 0 Å². The van der Waals surface area contributed by atoms with Crippen LogP contribution in [0.3, 0.4) is 0 Å². The molecule has 0 N–H and O–H groups in total. The maximum atomic E-state index is 12.7. The molecule has 0 amide bonds. The number of ether oxygens (including phenoxy) is 3. The van der Waals surface area contributed by atoms with Gasteiger partial charge in [-0.1, -0.05) is 233 Å². The summed E-state index contributed by atoms with van der Waals surface area (Å²) >= 11 is 0. The summed E-state index contributed by atoms with van der Waals surface area (Å²) in [5.74, 6) is -0.848. The summed E-state index contributed by atoms with van der Waals surface area (Å²) in [7, 11) is 0. The molecule has 0 aliphatic rings. The Kier molecular flexibility index (Phi) is 42.8. The average Bonchev–Trinajstić information content (AvgIpc) is 3.17. The third kappa shape index (κ3) is 41.6. The Labute approximate surface area is 336 Å². The lowest BCUT2D eigenvalue weighted by Crippen LogP contribution is -2.30.